The molecule has 3 nitrogen and oxygen atoms in total. The van der Waals surface area contributed by atoms with Crippen LogP contribution in [0.3, 0.4) is 0 Å². The van der Waals surface area contributed by atoms with Crippen LogP contribution in [0, 0.1) is 5.92 Å². The van der Waals surface area contributed by atoms with Crippen molar-refractivity contribution in [3.05, 3.63) is 0 Å². The van der Waals surface area contributed by atoms with Crippen molar-refractivity contribution in [2.24, 2.45) is 5.92 Å². The van der Waals surface area contributed by atoms with Gasteiger partial charge in [-0.05, 0) is 12.8 Å². The van der Waals surface area contributed by atoms with E-state index in [1.54, 1.807) is 6.92 Å². The Morgan fingerprint density at radius 3 is 2.20 bits per heavy atom. The van der Waals surface area contributed by atoms with E-state index in [0.717, 1.165) is 0 Å². The van der Waals surface area contributed by atoms with Gasteiger partial charge in [-0.3, -0.25) is 4.18 Å². The van der Waals surface area contributed by atoms with Gasteiger partial charge in [0.15, 0.2) is 0 Å². The van der Waals surface area contributed by atoms with Crippen molar-refractivity contribution in [1.82, 2.24) is 0 Å². The predicted octanol–water partition coefficient (Wildman–Crippen LogP) is 1.01. The molecule has 0 bridgehead atoms. The van der Waals surface area contributed by atoms with E-state index < -0.39 is 10.1 Å². The topological polar surface area (TPSA) is 43.4 Å². The molecule has 0 heterocycles. The molecule has 0 saturated carbocycles. The fourth-order valence-electron chi connectivity index (χ4n) is 0.323. The van der Waals surface area contributed by atoms with Gasteiger partial charge in [0.25, 0.3) is 10.1 Å². The lowest BCUT2D eigenvalue weighted by molar-refractivity contribution is 0.276. The molecule has 0 N–H and O–H groups in total. The molecule has 62 valence electrons. The van der Waals surface area contributed by atoms with Gasteiger partial charge in [-0.1, -0.05) is 13.8 Å². The zero-order valence-electron chi connectivity index (χ0n) is 6.62. The fourth-order valence-corrected chi connectivity index (χ4v) is 0.969. The minimum absolute atomic E-state index is 0.0553. The van der Waals surface area contributed by atoms with Gasteiger partial charge in [-0.25, -0.2) is 0 Å². The molecule has 0 aromatic rings. The normalized spacial score (nSPS) is 12.4. The lowest BCUT2D eigenvalue weighted by Crippen LogP contribution is -2.12. The Kier molecular flexibility index (Phi) is 3.89. The number of hydrogen-bond donors (Lipinski definition) is 0. The second-order valence-electron chi connectivity index (χ2n) is 2.52. The predicted molar refractivity (Wildman–Crippen MR) is 40.3 cm³/mol. The maximum atomic E-state index is 10.7. The maximum absolute atomic E-state index is 10.7. The first-order valence-electron chi connectivity index (χ1n) is 3.35. The summed E-state index contributed by atoms with van der Waals surface area (Å²) >= 11 is 0. The van der Waals surface area contributed by atoms with Crippen LogP contribution in [0.15, 0.2) is 0 Å². The second-order valence-corrected chi connectivity index (χ2v) is 4.45. The maximum Gasteiger partial charge on any atom is 0.267 e. The first kappa shape index (κ1) is 9.91. The smallest absolute Gasteiger partial charge is 0.267 e. The third-order valence-electron chi connectivity index (χ3n) is 0.934. The van der Waals surface area contributed by atoms with Crippen LogP contribution in [0.1, 0.15) is 20.8 Å². The summed E-state index contributed by atoms with van der Waals surface area (Å²) in [6, 6.07) is 0. The summed E-state index contributed by atoms with van der Waals surface area (Å²) in [5.41, 5.74) is 0. The highest BCUT2D eigenvalue weighted by molar-refractivity contribution is 7.86. The Hall–Kier alpha value is -0.0900. The Bertz CT molecular complexity index is 169. The van der Waals surface area contributed by atoms with Crippen LogP contribution in [0.25, 0.3) is 0 Å². The molecule has 0 aromatic heterocycles. The number of rotatable bonds is 4. The van der Waals surface area contributed by atoms with Gasteiger partial charge in [0, 0.05) is 0 Å². The van der Waals surface area contributed by atoms with Crippen molar-refractivity contribution in [3.8, 4) is 0 Å². The van der Waals surface area contributed by atoms with Crippen LogP contribution in [0.5, 0.6) is 0 Å². The van der Waals surface area contributed by atoms with Crippen molar-refractivity contribution in [2.75, 3.05) is 12.4 Å². The quantitative estimate of drug-likeness (QED) is 0.585. The first-order valence-corrected chi connectivity index (χ1v) is 4.92. The average Bonchev–Trinajstić information content (AvgIpc) is 1.85. The summed E-state index contributed by atoms with van der Waals surface area (Å²) < 4.78 is 26.0. The molecular weight excluding hydrogens is 152 g/mol. The summed E-state index contributed by atoms with van der Waals surface area (Å²) in [6.45, 7) is 5.67. The number of hydrogen-bond acceptors (Lipinski definition) is 3. The molecule has 4 heteroatoms. The van der Waals surface area contributed by atoms with Crippen molar-refractivity contribution in [2.45, 2.75) is 20.8 Å². The molecule has 0 rings (SSSR count). The van der Waals surface area contributed by atoms with E-state index in [-0.39, 0.29) is 18.3 Å². The Morgan fingerprint density at radius 2 is 1.90 bits per heavy atom. The van der Waals surface area contributed by atoms with Gasteiger partial charge in [-0.15, -0.1) is 0 Å². The van der Waals surface area contributed by atoms with Crippen molar-refractivity contribution in [1.29, 1.82) is 0 Å². The van der Waals surface area contributed by atoms with Crippen molar-refractivity contribution < 1.29 is 12.6 Å². The van der Waals surface area contributed by atoms with Crippen LogP contribution >= 0.6 is 0 Å². The van der Waals surface area contributed by atoms with E-state index >= 15 is 0 Å². The average molecular weight is 166 g/mol. The van der Waals surface area contributed by atoms with E-state index in [9.17, 15) is 8.42 Å². The Morgan fingerprint density at radius 1 is 1.40 bits per heavy atom. The molecule has 0 aromatic carbocycles. The lowest BCUT2D eigenvalue weighted by Gasteiger charge is -2.04. The molecule has 0 atom stereocenters. The second kappa shape index (κ2) is 3.93. The molecule has 0 spiro atoms. The van der Waals surface area contributed by atoms with Crippen LogP contribution in [0.4, 0.5) is 0 Å². The molecule has 0 amide bonds. The van der Waals surface area contributed by atoms with Crippen molar-refractivity contribution in [3.63, 3.8) is 0 Å². The summed E-state index contributed by atoms with van der Waals surface area (Å²) in [7, 11) is -3.21. The summed E-state index contributed by atoms with van der Waals surface area (Å²) in [5.74, 6) is 0.320. The van der Waals surface area contributed by atoms with Crippen molar-refractivity contribution >= 4 is 10.1 Å². The van der Waals surface area contributed by atoms with Gasteiger partial charge in [0.05, 0.1) is 12.4 Å². The summed E-state index contributed by atoms with van der Waals surface area (Å²) in [5, 5.41) is 0. The standard InChI is InChI=1S/C6H14O3S/c1-4-10(7,8)9-5-6(2)3/h6H,4-5H2,1-3H3. The highest BCUT2D eigenvalue weighted by atomic mass is 32.2. The minimum Gasteiger partial charge on any atom is -0.270 e. The minimum atomic E-state index is -3.21. The third kappa shape index (κ3) is 4.76. The van der Waals surface area contributed by atoms with E-state index in [2.05, 4.69) is 4.18 Å². The SMILES string of the molecule is CCS(=O)(=O)OCC(C)C. The highest BCUT2D eigenvalue weighted by Gasteiger charge is 2.07. The van der Waals surface area contributed by atoms with Crippen LogP contribution < -0.4 is 0 Å². The molecule has 0 aliphatic rings. The monoisotopic (exact) mass is 166 g/mol. The van der Waals surface area contributed by atoms with Gasteiger partial charge < -0.3 is 0 Å². The van der Waals surface area contributed by atoms with E-state index in [0.29, 0.717) is 0 Å². The summed E-state index contributed by atoms with van der Waals surface area (Å²) in [4.78, 5) is 0. The molecule has 0 radical (unpaired) electrons. The largest absolute Gasteiger partial charge is 0.270 e. The van der Waals surface area contributed by atoms with E-state index in [1.165, 1.54) is 0 Å². The van der Waals surface area contributed by atoms with Crippen LogP contribution in [0.2, 0.25) is 0 Å². The lowest BCUT2D eigenvalue weighted by atomic mass is 10.2. The molecule has 0 unspecified atom stereocenters. The van der Waals surface area contributed by atoms with Gasteiger partial charge in [0.1, 0.15) is 0 Å². The summed E-state index contributed by atoms with van der Waals surface area (Å²) in [6.07, 6.45) is 0. The molecule has 0 fully saturated rings. The Balaban J connectivity index is 3.70. The third-order valence-corrected chi connectivity index (χ3v) is 2.14. The van der Waals surface area contributed by atoms with Crippen LogP contribution in [-0.2, 0) is 14.3 Å². The molecule has 0 aliphatic carbocycles. The van der Waals surface area contributed by atoms with E-state index in [4.69, 9.17) is 0 Å². The zero-order valence-corrected chi connectivity index (χ0v) is 7.44. The zero-order chi connectivity index (χ0) is 8.20. The Labute approximate surface area is 62.5 Å². The van der Waals surface area contributed by atoms with Crippen LogP contribution in [-0.4, -0.2) is 20.8 Å². The molecular formula is C6H14O3S. The van der Waals surface area contributed by atoms with Gasteiger partial charge >= 0.3 is 0 Å². The highest BCUT2D eigenvalue weighted by Crippen LogP contribution is 1.98. The fraction of sp³-hybridized carbons (Fsp3) is 1.00. The van der Waals surface area contributed by atoms with Gasteiger partial charge in [-0.2, -0.15) is 8.42 Å². The molecule has 0 saturated heterocycles. The molecule has 10 heavy (non-hydrogen) atoms. The van der Waals surface area contributed by atoms with Gasteiger partial charge in [0.2, 0.25) is 0 Å². The van der Waals surface area contributed by atoms with E-state index in [1.807, 2.05) is 13.8 Å². The first-order chi connectivity index (χ1) is 4.48. The molecule has 0 aliphatic heterocycles.